The van der Waals surface area contributed by atoms with Gasteiger partial charge in [0.05, 0.1) is 0 Å². The minimum absolute atomic E-state index is 0.252. The second kappa shape index (κ2) is 6.44. The van der Waals surface area contributed by atoms with Gasteiger partial charge in [0.25, 0.3) is 5.91 Å². The van der Waals surface area contributed by atoms with Gasteiger partial charge in [-0.3, -0.25) is 4.79 Å². The quantitative estimate of drug-likeness (QED) is 0.488. The van der Waals surface area contributed by atoms with Gasteiger partial charge in [0.15, 0.2) is 6.61 Å². The van der Waals surface area contributed by atoms with Crippen LogP contribution in [0, 0.1) is 0 Å². The third-order valence-electron chi connectivity index (χ3n) is 2.19. The molecular formula is C13H16N2O3. The molecule has 0 saturated carbocycles. The van der Waals surface area contributed by atoms with Crippen LogP contribution >= 0.6 is 0 Å². The lowest BCUT2D eigenvalue weighted by atomic mass is 10.2. The van der Waals surface area contributed by atoms with Crippen LogP contribution in [0.25, 0.3) is 6.08 Å². The number of likely N-dealkylation sites (N-methyl/N-ethyl adjacent to an activating group) is 1. The molecule has 2 N–H and O–H groups in total. The van der Waals surface area contributed by atoms with Gasteiger partial charge >= 0.3 is 5.97 Å². The van der Waals surface area contributed by atoms with E-state index < -0.39 is 5.97 Å². The fourth-order valence-corrected chi connectivity index (χ4v) is 1.08. The van der Waals surface area contributed by atoms with Crippen molar-refractivity contribution in [2.24, 2.45) is 0 Å². The van der Waals surface area contributed by atoms with Crippen molar-refractivity contribution in [3.8, 4) is 0 Å². The highest BCUT2D eigenvalue weighted by Crippen LogP contribution is 2.06. The summed E-state index contributed by atoms with van der Waals surface area (Å²) in [7, 11) is 3.20. The van der Waals surface area contributed by atoms with Crippen LogP contribution in [-0.4, -0.2) is 37.5 Å². The van der Waals surface area contributed by atoms with Gasteiger partial charge in [0.1, 0.15) is 0 Å². The van der Waals surface area contributed by atoms with Crippen LogP contribution < -0.4 is 5.73 Å². The highest BCUT2D eigenvalue weighted by molar-refractivity contribution is 5.89. The number of nitrogen functional groups attached to an aromatic ring is 1. The van der Waals surface area contributed by atoms with Crippen molar-refractivity contribution in [1.82, 2.24) is 4.90 Å². The molecule has 1 aromatic rings. The van der Waals surface area contributed by atoms with Crippen molar-refractivity contribution in [3.05, 3.63) is 35.9 Å². The van der Waals surface area contributed by atoms with Gasteiger partial charge in [-0.25, -0.2) is 4.79 Å². The smallest absolute Gasteiger partial charge is 0.331 e. The largest absolute Gasteiger partial charge is 0.452 e. The van der Waals surface area contributed by atoms with E-state index in [4.69, 9.17) is 10.5 Å². The molecule has 5 nitrogen and oxygen atoms in total. The van der Waals surface area contributed by atoms with E-state index in [9.17, 15) is 9.59 Å². The van der Waals surface area contributed by atoms with Crippen molar-refractivity contribution >= 4 is 23.6 Å². The average molecular weight is 248 g/mol. The Kier molecular flexibility index (Phi) is 4.92. The third kappa shape index (κ3) is 4.69. The molecule has 0 aliphatic rings. The number of carbonyl (C=O) groups excluding carboxylic acids is 2. The van der Waals surface area contributed by atoms with E-state index in [0.29, 0.717) is 5.69 Å². The molecule has 0 spiro atoms. The van der Waals surface area contributed by atoms with E-state index in [0.717, 1.165) is 5.56 Å². The molecule has 18 heavy (non-hydrogen) atoms. The number of anilines is 1. The van der Waals surface area contributed by atoms with E-state index in [1.165, 1.54) is 11.0 Å². The van der Waals surface area contributed by atoms with E-state index in [1.54, 1.807) is 44.4 Å². The molecule has 0 atom stereocenters. The molecule has 0 bridgehead atoms. The first-order chi connectivity index (χ1) is 8.49. The van der Waals surface area contributed by atoms with Crippen molar-refractivity contribution in [2.45, 2.75) is 0 Å². The van der Waals surface area contributed by atoms with Crippen LogP contribution in [0.5, 0.6) is 0 Å². The Morgan fingerprint density at radius 3 is 2.44 bits per heavy atom. The standard InChI is InChI=1S/C13H16N2O3/c1-15(2)12(16)9-18-13(17)8-5-10-3-6-11(14)7-4-10/h3-8H,9,14H2,1-2H3/b8-5+. The van der Waals surface area contributed by atoms with Gasteiger partial charge < -0.3 is 15.4 Å². The molecule has 1 aromatic carbocycles. The van der Waals surface area contributed by atoms with Crippen LogP contribution in [0.3, 0.4) is 0 Å². The summed E-state index contributed by atoms with van der Waals surface area (Å²) < 4.78 is 4.77. The fourth-order valence-electron chi connectivity index (χ4n) is 1.08. The second-order valence-electron chi connectivity index (χ2n) is 3.90. The number of ether oxygens (including phenoxy) is 1. The molecule has 1 rings (SSSR count). The molecular weight excluding hydrogens is 232 g/mol. The predicted octanol–water partition coefficient (Wildman–Crippen LogP) is 0.913. The molecule has 1 amide bonds. The summed E-state index contributed by atoms with van der Waals surface area (Å²) >= 11 is 0. The van der Waals surface area contributed by atoms with Crippen molar-refractivity contribution in [1.29, 1.82) is 0 Å². The maximum absolute atomic E-state index is 11.3. The van der Waals surface area contributed by atoms with Crippen LogP contribution in [-0.2, 0) is 14.3 Å². The topological polar surface area (TPSA) is 72.6 Å². The number of hydrogen-bond donors (Lipinski definition) is 1. The molecule has 5 heteroatoms. The Balaban J connectivity index is 2.45. The molecule has 0 radical (unpaired) electrons. The summed E-state index contributed by atoms with van der Waals surface area (Å²) in [5, 5.41) is 0. The van der Waals surface area contributed by atoms with Crippen molar-refractivity contribution in [3.63, 3.8) is 0 Å². The monoisotopic (exact) mass is 248 g/mol. The summed E-state index contributed by atoms with van der Waals surface area (Å²) in [5.41, 5.74) is 7.03. The average Bonchev–Trinajstić information content (AvgIpc) is 2.35. The van der Waals surface area contributed by atoms with Gasteiger partial charge in [0.2, 0.25) is 0 Å². The Bertz CT molecular complexity index is 450. The summed E-state index contributed by atoms with van der Waals surface area (Å²) in [6.07, 6.45) is 2.87. The summed E-state index contributed by atoms with van der Waals surface area (Å²) in [6, 6.07) is 7.04. The lowest BCUT2D eigenvalue weighted by Gasteiger charge is -2.09. The Morgan fingerprint density at radius 1 is 1.28 bits per heavy atom. The van der Waals surface area contributed by atoms with E-state index in [2.05, 4.69) is 0 Å². The van der Waals surface area contributed by atoms with Crippen molar-refractivity contribution in [2.75, 3.05) is 26.4 Å². The third-order valence-corrected chi connectivity index (χ3v) is 2.19. The second-order valence-corrected chi connectivity index (χ2v) is 3.90. The number of nitrogens with two attached hydrogens (primary N) is 1. The van der Waals surface area contributed by atoms with Crippen LogP contribution in [0.2, 0.25) is 0 Å². The summed E-state index contributed by atoms with van der Waals surface area (Å²) in [5.74, 6) is -0.814. The molecule has 0 unspecified atom stereocenters. The van der Waals surface area contributed by atoms with Gasteiger partial charge in [-0.2, -0.15) is 0 Å². The number of esters is 1. The minimum atomic E-state index is -0.554. The van der Waals surface area contributed by atoms with Gasteiger partial charge in [-0.1, -0.05) is 12.1 Å². The summed E-state index contributed by atoms with van der Waals surface area (Å²) in [4.78, 5) is 23.8. The van der Waals surface area contributed by atoms with Crippen molar-refractivity contribution < 1.29 is 14.3 Å². The van der Waals surface area contributed by atoms with Crippen LogP contribution in [0.1, 0.15) is 5.56 Å². The molecule has 0 aliphatic carbocycles. The first-order valence-electron chi connectivity index (χ1n) is 5.39. The highest BCUT2D eigenvalue weighted by atomic mass is 16.5. The lowest BCUT2D eigenvalue weighted by Crippen LogP contribution is -2.27. The zero-order valence-corrected chi connectivity index (χ0v) is 10.4. The Labute approximate surface area is 106 Å². The lowest BCUT2D eigenvalue weighted by molar-refractivity contribution is -0.146. The van der Waals surface area contributed by atoms with E-state index >= 15 is 0 Å². The number of carbonyl (C=O) groups is 2. The zero-order valence-electron chi connectivity index (χ0n) is 10.4. The van der Waals surface area contributed by atoms with Crippen LogP contribution in [0.4, 0.5) is 5.69 Å². The molecule has 0 fully saturated rings. The summed E-state index contributed by atoms with van der Waals surface area (Å²) in [6.45, 7) is -0.252. The highest BCUT2D eigenvalue weighted by Gasteiger charge is 2.06. The Morgan fingerprint density at radius 2 is 1.89 bits per heavy atom. The maximum atomic E-state index is 11.3. The van der Waals surface area contributed by atoms with E-state index in [-0.39, 0.29) is 12.5 Å². The minimum Gasteiger partial charge on any atom is -0.452 e. The normalized spacial score (nSPS) is 10.3. The van der Waals surface area contributed by atoms with Crippen LogP contribution in [0.15, 0.2) is 30.3 Å². The SMILES string of the molecule is CN(C)C(=O)COC(=O)/C=C/c1ccc(N)cc1. The number of benzene rings is 1. The number of hydrogen-bond acceptors (Lipinski definition) is 4. The molecule has 0 aromatic heterocycles. The van der Waals surface area contributed by atoms with E-state index in [1.807, 2.05) is 0 Å². The first-order valence-corrected chi connectivity index (χ1v) is 5.39. The molecule has 0 saturated heterocycles. The molecule has 0 aliphatic heterocycles. The maximum Gasteiger partial charge on any atom is 0.331 e. The molecule has 0 heterocycles. The molecule has 96 valence electrons. The van der Waals surface area contributed by atoms with Gasteiger partial charge in [-0.05, 0) is 23.8 Å². The van der Waals surface area contributed by atoms with Gasteiger partial charge in [0, 0.05) is 25.9 Å². The fraction of sp³-hybridized carbons (Fsp3) is 0.231. The predicted molar refractivity (Wildman–Crippen MR) is 69.5 cm³/mol. The number of rotatable bonds is 4. The Hall–Kier alpha value is -2.30. The zero-order chi connectivity index (χ0) is 13.5. The first kappa shape index (κ1) is 13.8. The number of nitrogens with zero attached hydrogens (tertiary/aromatic N) is 1. The van der Waals surface area contributed by atoms with Gasteiger partial charge in [-0.15, -0.1) is 0 Å². The number of amides is 1.